The molecule has 0 aliphatic rings. The van der Waals surface area contributed by atoms with Crippen molar-refractivity contribution in [1.29, 1.82) is 0 Å². The number of amides is 1. The summed E-state index contributed by atoms with van der Waals surface area (Å²) in [5.41, 5.74) is 7.31. The second-order valence-corrected chi connectivity index (χ2v) is 4.87. The minimum absolute atomic E-state index is 0.0202. The second-order valence-electron chi connectivity index (χ2n) is 4.87. The molecule has 110 valence electrons. The summed E-state index contributed by atoms with van der Waals surface area (Å²) in [5.74, 6) is -0.215. The number of rotatable bonds is 4. The number of nitrogen functional groups attached to an aromatic ring is 1. The summed E-state index contributed by atoms with van der Waals surface area (Å²) in [7, 11) is 1.72. The number of benzene rings is 1. The van der Waals surface area contributed by atoms with Crippen LogP contribution >= 0.6 is 0 Å². The number of hydrogen-bond donors (Lipinski definition) is 2. The molecule has 1 atom stereocenters. The fourth-order valence-electron chi connectivity index (χ4n) is 2.32. The molecule has 1 amide bonds. The molecule has 0 bridgehead atoms. The molecule has 0 fully saturated rings. The van der Waals surface area contributed by atoms with Crippen LogP contribution in [-0.4, -0.2) is 27.9 Å². The number of nitrogens with zero attached hydrogens (tertiary/aromatic N) is 2. The predicted octanol–water partition coefficient (Wildman–Crippen LogP) is 2.59. The molecule has 2 rings (SSSR count). The van der Waals surface area contributed by atoms with Crippen LogP contribution in [0.4, 0.5) is 5.69 Å². The molecule has 0 saturated heterocycles. The number of hydrogen-bond acceptors (Lipinski definition) is 4. The Labute approximate surface area is 124 Å². The lowest BCUT2D eigenvalue weighted by Gasteiger charge is -2.27. The first-order chi connectivity index (χ1) is 10.0. The maximum atomic E-state index is 12.6. The van der Waals surface area contributed by atoms with Crippen LogP contribution in [0.15, 0.2) is 42.6 Å². The van der Waals surface area contributed by atoms with Crippen molar-refractivity contribution >= 4 is 11.6 Å². The van der Waals surface area contributed by atoms with Crippen LogP contribution in [0.2, 0.25) is 0 Å². The molecule has 21 heavy (non-hydrogen) atoms. The normalized spacial score (nSPS) is 11.9. The van der Waals surface area contributed by atoms with Gasteiger partial charge in [0.05, 0.1) is 17.3 Å². The lowest BCUT2D eigenvalue weighted by Crippen LogP contribution is -2.32. The van der Waals surface area contributed by atoms with Gasteiger partial charge in [-0.05, 0) is 36.8 Å². The monoisotopic (exact) mass is 285 g/mol. The van der Waals surface area contributed by atoms with Gasteiger partial charge in [0.15, 0.2) is 0 Å². The van der Waals surface area contributed by atoms with Crippen LogP contribution in [-0.2, 0) is 0 Å². The quantitative estimate of drug-likeness (QED) is 0.668. The average Bonchev–Trinajstić information content (AvgIpc) is 2.50. The molecule has 0 radical (unpaired) electrons. The molecule has 1 aromatic heterocycles. The Bertz CT molecular complexity index is 629. The van der Waals surface area contributed by atoms with E-state index in [0.29, 0.717) is 11.3 Å². The highest BCUT2D eigenvalue weighted by molar-refractivity contribution is 5.99. The Morgan fingerprint density at radius 1 is 1.38 bits per heavy atom. The number of pyridine rings is 1. The molecule has 0 aliphatic carbocycles. The van der Waals surface area contributed by atoms with E-state index in [1.165, 1.54) is 18.2 Å². The third kappa shape index (κ3) is 3.13. The highest BCUT2D eigenvalue weighted by Crippen LogP contribution is 2.26. The zero-order valence-electron chi connectivity index (χ0n) is 12.2. The van der Waals surface area contributed by atoms with Crippen molar-refractivity contribution in [1.82, 2.24) is 9.88 Å². The van der Waals surface area contributed by atoms with E-state index in [0.717, 1.165) is 12.1 Å². The maximum absolute atomic E-state index is 12.6. The van der Waals surface area contributed by atoms with Gasteiger partial charge in [0.1, 0.15) is 5.75 Å². The van der Waals surface area contributed by atoms with E-state index in [4.69, 9.17) is 5.73 Å². The highest BCUT2D eigenvalue weighted by Gasteiger charge is 2.23. The standard InChI is InChI=1S/C16H19N3O2/c1-3-15(14-6-4-5-9-18-14)19(2)16(21)12-10-11(20)7-8-13(12)17/h4-10,15,20H,3,17H2,1-2H3. The Hall–Kier alpha value is -2.56. The smallest absolute Gasteiger partial charge is 0.256 e. The van der Waals surface area contributed by atoms with Crippen LogP contribution in [0.25, 0.3) is 0 Å². The van der Waals surface area contributed by atoms with E-state index < -0.39 is 0 Å². The van der Waals surface area contributed by atoms with Gasteiger partial charge < -0.3 is 15.7 Å². The van der Waals surface area contributed by atoms with Gasteiger partial charge in [-0.3, -0.25) is 9.78 Å². The number of nitrogens with two attached hydrogens (primary N) is 1. The molecule has 5 nitrogen and oxygen atoms in total. The van der Waals surface area contributed by atoms with E-state index in [1.807, 2.05) is 25.1 Å². The molecule has 2 aromatic rings. The van der Waals surface area contributed by atoms with E-state index in [9.17, 15) is 9.90 Å². The number of carbonyl (C=O) groups is 1. The molecular weight excluding hydrogens is 266 g/mol. The molecule has 0 saturated carbocycles. The minimum Gasteiger partial charge on any atom is -0.508 e. The molecule has 1 aromatic carbocycles. The van der Waals surface area contributed by atoms with Gasteiger partial charge in [0, 0.05) is 18.9 Å². The van der Waals surface area contributed by atoms with E-state index in [-0.39, 0.29) is 17.7 Å². The second kappa shape index (κ2) is 6.26. The third-order valence-electron chi connectivity index (χ3n) is 3.47. The summed E-state index contributed by atoms with van der Waals surface area (Å²) in [6, 6.07) is 9.86. The number of aromatic hydroxyl groups is 1. The molecule has 0 spiro atoms. The Morgan fingerprint density at radius 3 is 2.76 bits per heavy atom. The summed E-state index contributed by atoms with van der Waals surface area (Å²) >= 11 is 0. The van der Waals surface area contributed by atoms with Crippen LogP contribution < -0.4 is 5.73 Å². The van der Waals surface area contributed by atoms with Gasteiger partial charge in [-0.15, -0.1) is 0 Å². The lowest BCUT2D eigenvalue weighted by molar-refractivity contribution is 0.0723. The first kappa shape index (κ1) is 14.8. The molecular formula is C16H19N3O2. The van der Waals surface area contributed by atoms with Crippen molar-refractivity contribution in [3.05, 3.63) is 53.9 Å². The van der Waals surface area contributed by atoms with Gasteiger partial charge in [-0.2, -0.15) is 0 Å². The number of aromatic nitrogens is 1. The molecule has 3 N–H and O–H groups in total. The topological polar surface area (TPSA) is 79.5 Å². The van der Waals surface area contributed by atoms with Crippen molar-refractivity contribution in [2.75, 3.05) is 12.8 Å². The number of anilines is 1. The summed E-state index contributed by atoms with van der Waals surface area (Å²) in [6.45, 7) is 1.99. The summed E-state index contributed by atoms with van der Waals surface area (Å²) in [4.78, 5) is 18.5. The molecule has 1 unspecified atom stereocenters. The van der Waals surface area contributed by atoms with Gasteiger partial charge in [-0.1, -0.05) is 13.0 Å². The number of phenolic OH excluding ortho intramolecular Hbond substituents is 1. The van der Waals surface area contributed by atoms with Crippen molar-refractivity contribution in [2.45, 2.75) is 19.4 Å². The number of carbonyl (C=O) groups excluding carboxylic acids is 1. The summed E-state index contributed by atoms with van der Waals surface area (Å²) in [5, 5.41) is 9.54. The van der Waals surface area contributed by atoms with Gasteiger partial charge in [-0.25, -0.2) is 0 Å². The van der Waals surface area contributed by atoms with E-state index in [2.05, 4.69) is 4.98 Å². The Kier molecular flexibility index (Phi) is 4.42. The largest absolute Gasteiger partial charge is 0.508 e. The van der Waals surface area contributed by atoms with E-state index >= 15 is 0 Å². The van der Waals surface area contributed by atoms with Gasteiger partial charge in [0.25, 0.3) is 5.91 Å². The van der Waals surface area contributed by atoms with Crippen molar-refractivity contribution < 1.29 is 9.90 Å². The van der Waals surface area contributed by atoms with Crippen molar-refractivity contribution in [2.24, 2.45) is 0 Å². The highest BCUT2D eigenvalue weighted by atomic mass is 16.3. The van der Waals surface area contributed by atoms with Gasteiger partial charge >= 0.3 is 0 Å². The Morgan fingerprint density at radius 2 is 2.14 bits per heavy atom. The van der Waals surface area contributed by atoms with Crippen molar-refractivity contribution in [3.8, 4) is 5.75 Å². The van der Waals surface area contributed by atoms with Crippen molar-refractivity contribution in [3.63, 3.8) is 0 Å². The number of phenols is 1. The first-order valence-electron chi connectivity index (χ1n) is 6.81. The third-order valence-corrected chi connectivity index (χ3v) is 3.47. The fraction of sp³-hybridized carbons (Fsp3) is 0.250. The Balaban J connectivity index is 2.31. The zero-order chi connectivity index (χ0) is 15.4. The summed E-state index contributed by atoms with van der Waals surface area (Å²) in [6.07, 6.45) is 2.44. The molecule has 1 heterocycles. The van der Waals surface area contributed by atoms with Crippen LogP contribution in [0, 0.1) is 0 Å². The van der Waals surface area contributed by atoms with Gasteiger partial charge in [0.2, 0.25) is 0 Å². The van der Waals surface area contributed by atoms with Crippen LogP contribution in [0.3, 0.4) is 0 Å². The first-order valence-corrected chi connectivity index (χ1v) is 6.81. The zero-order valence-corrected chi connectivity index (χ0v) is 12.2. The van der Waals surface area contributed by atoms with Crippen LogP contribution in [0.1, 0.15) is 35.4 Å². The summed E-state index contributed by atoms with van der Waals surface area (Å²) < 4.78 is 0. The minimum atomic E-state index is -0.235. The predicted molar refractivity (Wildman–Crippen MR) is 81.9 cm³/mol. The molecule has 0 aliphatic heterocycles. The average molecular weight is 285 g/mol. The fourth-order valence-corrected chi connectivity index (χ4v) is 2.32. The van der Waals surface area contributed by atoms with Crippen LogP contribution in [0.5, 0.6) is 5.75 Å². The SMILES string of the molecule is CCC(c1ccccn1)N(C)C(=O)c1cc(O)ccc1N. The maximum Gasteiger partial charge on any atom is 0.256 e. The molecule has 5 heteroatoms. The lowest BCUT2D eigenvalue weighted by atomic mass is 10.1. The van der Waals surface area contributed by atoms with E-state index in [1.54, 1.807) is 18.1 Å².